The first-order chi connectivity index (χ1) is 11.4. The first-order valence-corrected chi connectivity index (χ1v) is 7.18. The number of nitrogens with zero attached hydrogens (tertiary/aromatic N) is 2. The van der Waals surface area contributed by atoms with E-state index >= 15 is 0 Å². The van der Waals surface area contributed by atoms with Gasteiger partial charge in [-0.2, -0.15) is 4.39 Å². The fourth-order valence-electron chi connectivity index (χ4n) is 1.98. The van der Waals surface area contributed by atoms with Gasteiger partial charge in [-0.25, -0.2) is 8.78 Å². The summed E-state index contributed by atoms with van der Waals surface area (Å²) in [5, 5.41) is 17.3. The Morgan fingerprint density at radius 3 is 2.67 bits per heavy atom. The fourth-order valence-corrected chi connectivity index (χ4v) is 1.98. The number of hydrogen-bond acceptors (Lipinski definition) is 5. The fraction of sp³-hybridized carbons (Fsp3) is 0.467. The van der Waals surface area contributed by atoms with E-state index in [9.17, 15) is 22.7 Å². The average Bonchev–Trinajstić information content (AvgIpc) is 2.94. The molecule has 24 heavy (non-hydrogen) atoms. The molecule has 1 N–H and O–H groups in total. The molecule has 0 bridgehead atoms. The molecule has 0 radical (unpaired) electrons. The third-order valence-corrected chi connectivity index (χ3v) is 3.18. The first-order valence-electron chi connectivity index (χ1n) is 7.18. The van der Waals surface area contributed by atoms with Gasteiger partial charge in [0.15, 0.2) is 6.17 Å². The van der Waals surface area contributed by atoms with Crippen LogP contribution in [0, 0.1) is 12.7 Å². The molecule has 2 rings (SSSR count). The van der Waals surface area contributed by atoms with Crippen LogP contribution in [0.2, 0.25) is 0 Å². The third kappa shape index (κ3) is 4.67. The molecule has 1 aromatic carbocycles. The molecule has 2 aromatic rings. The second-order valence-electron chi connectivity index (χ2n) is 5.08. The van der Waals surface area contributed by atoms with Gasteiger partial charge in [0.05, 0.1) is 19.2 Å². The molecule has 0 saturated carbocycles. The predicted molar refractivity (Wildman–Crippen MR) is 75.1 cm³/mol. The molecular weight excluding hydrogens is 332 g/mol. The molecule has 0 aliphatic rings. The lowest BCUT2D eigenvalue weighted by molar-refractivity contribution is -0.0114. The van der Waals surface area contributed by atoms with Crippen LogP contribution in [-0.2, 0) is 6.42 Å². The maximum atomic E-state index is 13.8. The van der Waals surface area contributed by atoms with E-state index < -0.39 is 37.5 Å². The summed E-state index contributed by atoms with van der Waals surface area (Å²) in [5.74, 6) is -0.569. The van der Waals surface area contributed by atoms with E-state index in [0.29, 0.717) is 0 Å². The van der Waals surface area contributed by atoms with Crippen LogP contribution in [0.1, 0.15) is 29.9 Å². The Morgan fingerprint density at radius 1 is 1.29 bits per heavy atom. The molecule has 0 fully saturated rings. The van der Waals surface area contributed by atoms with Crippen LogP contribution >= 0.6 is 0 Å². The maximum Gasteiger partial charge on any atom is 0.269 e. The number of aromatic nitrogens is 2. The van der Waals surface area contributed by atoms with E-state index in [1.807, 2.05) is 0 Å². The standard InChI is InChI=1S/C15H16F4N2O3/c1-8-20-21-14(23-8)7-13(22)10-6-9(2-3-11(10)17)24-15(19)12(18)4-5-16/h2-3,6,12-13,15,22H,4-5,7H2,1H3. The monoisotopic (exact) mass is 348 g/mol. The van der Waals surface area contributed by atoms with Gasteiger partial charge in [0.1, 0.15) is 11.6 Å². The van der Waals surface area contributed by atoms with Crippen molar-refractivity contribution in [2.45, 2.75) is 38.4 Å². The molecule has 5 nitrogen and oxygen atoms in total. The highest BCUT2D eigenvalue weighted by molar-refractivity contribution is 5.31. The Hall–Kier alpha value is -2.16. The highest BCUT2D eigenvalue weighted by Crippen LogP contribution is 2.26. The summed E-state index contributed by atoms with van der Waals surface area (Å²) in [4.78, 5) is 0. The number of ether oxygens (including phenoxy) is 1. The molecule has 3 unspecified atom stereocenters. The van der Waals surface area contributed by atoms with Gasteiger partial charge in [0.25, 0.3) is 6.36 Å². The van der Waals surface area contributed by atoms with Crippen molar-refractivity contribution in [1.82, 2.24) is 10.2 Å². The van der Waals surface area contributed by atoms with Crippen LogP contribution in [0.15, 0.2) is 22.6 Å². The van der Waals surface area contributed by atoms with Crippen LogP contribution in [0.5, 0.6) is 5.75 Å². The van der Waals surface area contributed by atoms with Crippen LogP contribution < -0.4 is 4.74 Å². The summed E-state index contributed by atoms with van der Waals surface area (Å²) in [5.41, 5.74) is -0.198. The zero-order chi connectivity index (χ0) is 17.7. The van der Waals surface area contributed by atoms with E-state index in [2.05, 4.69) is 10.2 Å². The van der Waals surface area contributed by atoms with Crippen LogP contribution in [0.4, 0.5) is 17.6 Å². The highest BCUT2D eigenvalue weighted by Gasteiger charge is 2.23. The van der Waals surface area contributed by atoms with Gasteiger partial charge in [0, 0.05) is 18.9 Å². The SMILES string of the molecule is Cc1nnc(CC(O)c2cc(OC(F)C(F)CCF)ccc2F)o1. The van der Waals surface area contributed by atoms with Crippen molar-refractivity contribution in [2.75, 3.05) is 6.67 Å². The number of halogens is 4. The molecule has 0 aliphatic carbocycles. The number of aliphatic hydroxyl groups is 1. The minimum atomic E-state index is -2.39. The Bertz CT molecular complexity index is 668. The normalized spacial score (nSPS) is 15.1. The van der Waals surface area contributed by atoms with E-state index in [-0.39, 0.29) is 29.5 Å². The Kier molecular flexibility index (Phi) is 6.13. The van der Waals surface area contributed by atoms with Gasteiger partial charge in [-0.1, -0.05) is 0 Å². The van der Waals surface area contributed by atoms with Crippen molar-refractivity contribution in [2.24, 2.45) is 0 Å². The summed E-state index contributed by atoms with van der Waals surface area (Å²) in [7, 11) is 0. The van der Waals surface area contributed by atoms with Crippen molar-refractivity contribution in [1.29, 1.82) is 0 Å². The van der Waals surface area contributed by atoms with E-state index in [0.717, 1.165) is 18.2 Å². The van der Waals surface area contributed by atoms with E-state index in [4.69, 9.17) is 9.15 Å². The molecule has 3 atom stereocenters. The van der Waals surface area contributed by atoms with Gasteiger partial charge in [-0.3, -0.25) is 4.39 Å². The van der Waals surface area contributed by atoms with E-state index in [1.165, 1.54) is 0 Å². The summed E-state index contributed by atoms with van der Waals surface area (Å²) in [6.07, 6.45) is -6.69. The van der Waals surface area contributed by atoms with Crippen LogP contribution in [0.3, 0.4) is 0 Å². The van der Waals surface area contributed by atoms with Crippen LogP contribution in [0.25, 0.3) is 0 Å². The van der Waals surface area contributed by atoms with Gasteiger partial charge >= 0.3 is 0 Å². The molecule has 0 aliphatic heterocycles. The summed E-state index contributed by atoms with van der Waals surface area (Å²) in [6, 6.07) is 3.07. The van der Waals surface area contributed by atoms with E-state index in [1.54, 1.807) is 6.92 Å². The Morgan fingerprint density at radius 2 is 2.04 bits per heavy atom. The lowest BCUT2D eigenvalue weighted by atomic mass is 10.1. The Labute approximate surface area is 135 Å². The molecular formula is C15H16F4N2O3. The minimum absolute atomic E-state index is 0.0980. The maximum absolute atomic E-state index is 13.8. The lowest BCUT2D eigenvalue weighted by Crippen LogP contribution is -2.24. The summed E-state index contributed by atoms with van der Waals surface area (Å²) < 4.78 is 62.4. The largest absolute Gasteiger partial charge is 0.457 e. The van der Waals surface area contributed by atoms with Gasteiger partial charge in [-0.05, 0) is 18.2 Å². The summed E-state index contributed by atoms with van der Waals surface area (Å²) >= 11 is 0. The van der Waals surface area contributed by atoms with Crippen LogP contribution in [-0.4, -0.2) is 34.5 Å². The highest BCUT2D eigenvalue weighted by atomic mass is 19.2. The zero-order valence-electron chi connectivity index (χ0n) is 12.8. The number of benzene rings is 1. The number of rotatable bonds is 8. The topological polar surface area (TPSA) is 68.4 Å². The minimum Gasteiger partial charge on any atom is -0.457 e. The molecule has 132 valence electrons. The third-order valence-electron chi connectivity index (χ3n) is 3.18. The number of hydrogen-bond donors (Lipinski definition) is 1. The molecule has 0 spiro atoms. The zero-order valence-corrected chi connectivity index (χ0v) is 12.8. The van der Waals surface area contributed by atoms with Crippen molar-refractivity contribution in [3.8, 4) is 5.75 Å². The molecule has 9 heteroatoms. The number of aliphatic hydroxyl groups excluding tert-OH is 1. The summed E-state index contributed by atoms with van der Waals surface area (Å²) in [6.45, 7) is 0.534. The Balaban J connectivity index is 2.09. The predicted octanol–water partition coefficient (Wildman–Crippen LogP) is 3.17. The van der Waals surface area contributed by atoms with Crippen molar-refractivity contribution < 1.29 is 31.8 Å². The molecule has 0 saturated heterocycles. The number of aryl methyl sites for hydroxylation is 1. The van der Waals surface area contributed by atoms with Gasteiger partial charge in [0.2, 0.25) is 11.8 Å². The molecule has 0 amide bonds. The second-order valence-corrected chi connectivity index (χ2v) is 5.08. The van der Waals surface area contributed by atoms with Gasteiger partial charge in [-0.15, -0.1) is 10.2 Å². The van der Waals surface area contributed by atoms with Crippen molar-refractivity contribution in [3.05, 3.63) is 41.4 Å². The van der Waals surface area contributed by atoms with Gasteiger partial charge < -0.3 is 14.3 Å². The van der Waals surface area contributed by atoms with Crippen molar-refractivity contribution >= 4 is 0 Å². The lowest BCUT2D eigenvalue weighted by Gasteiger charge is -2.16. The smallest absolute Gasteiger partial charge is 0.269 e. The average molecular weight is 348 g/mol. The number of alkyl halides is 3. The second kappa shape index (κ2) is 8.09. The quantitative estimate of drug-likeness (QED) is 0.742. The molecule has 1 heterocycles. The first kappa shape index (κ1) is 18.2. The van der Waals surface area contributed by atoms with Crippen molar-refractivity contribution in [3.63, 3.8) is 0 Å². The molecule has 1 aromatic heterocycles.